The Morgan fingerprint density at radius 3 is 2.53 bits per heavy atom. The molecular formula is C24H22N4O2. The zero-order chi connectivity index (χ0) is 20.9. The molecule has 0 saturated carbocycles. The largest absolute Gasteiger partial charge is 0.350 e. The third-order valence-corrected chi connectivity index (χ3v) is 4.78. The van der Waals surface area contributed by atoms with Gasteiger partial charge in [0.25, 0.3) is 11.8 Å². The molecule has 4 rings (SSSR count). The zero-order valence-corrected chi connectivity index (χ0v) is 16.6. The minimum atomic E-state index is -0.370. The van der Waals surface area contributed by atoms with E-state index in [2.05, 4.69) is 15.6 Å². The van der Waals surface area contributed by atoms with Crippen molar-refractivity contribution >= 4 is 23.0 Å². The van der Waals surface area contributed by atoms with E-state index in [0.29, 0.717) is 17.7 Å². The number of benzene rings is 2. The fourth-order valence-corrected chi connectivity index (χ4v) is 3.32. The van der Waals surface area contributed by atoms with Gasteiger partial charge in [0.05, 0.1) is 5.52 Å². The first-order chi connectivity index (χ1) is 14.6. The van der Waals surface area contributed by atoms with Gasteiger partial charge in [0.2, 0.25) is 5.82 Å². The lowest BCUT2D eigenvalue weighted by Crippen LogP contribution is -2.26. The van der Waals surface area contributed by atoms with E-state index >= 15 is 0 Å². The van der Waals surface area contributed by atoms with Crippen molar-refractivity contribution in [3.63, 3.8) is 0 Å². The van der Waals surface area contributed by atoms with Gasteiger partial charge in [-0.15, -0.1) is 0 Å². The maximum absolute atomic E-state index is 12.8. The van der Waals surface area contributed by atoms with E-state index in [0.717, 1.165) is 17.5 Å². The molecular weight excluding hydrogens is 376 g/mol. The summed E-state index contributed by atoms with van der Waals surface area (Å²) in [5.41, 5.74) is 3.69. The molecule has 0 aliphatic carbocycles. The number of amides is 2. The molecule has 2 aromatic heterocycles. The standard InChI is InChI=1S/C24H22N4O2/c1-17-8-7-11-19(16-17)26-24(30)22-27-21(20-12-5-6-15-28(20)22)23(29)25-14-13-18-9-3-2-4-10-18/h2-12,15-16H,13-14H2,1H3,(H,25,29)(H,26,30). The van der Waals surface area contributed by atoms with Crippen molar-refractivity contribution in [3.05, 3.63) is 102 Å². The maximum Gasteiger partial charge on any atom is 0.292 e. The van der Waals surface area contributed by atoms with E-state index in [9.17, 15) is 9.59 Å². The summed E-state index contributed by atoms with van der Waals surface area (Å²) in [5, 5.41) is 5.76. The first-order valence-electron chi connectivity index (χ1n) is 9.79. The van der Waals surface area contributed by atoms with Crippen LogP contribution in [0.4, 0.5) is 5.69 Å². The van der Waals surface area contributed by atoms with Gasteiger partial charge >= 0.3 is 0 Å². The summed E-state index contributed by atoms with van der Waals surface area (Å²) in [6.07, 6.45) is 2.45. The number of aryl methyl sites for hydroxylation is 1. The predicted octanol–water partition coefficient (Wildman–Crippen LogP) is 3.87. The van der Waals surface area contributed by atoms with Crippen molar-refractivity contribution in [2.45, 2.75) is 13.3 Å². The minimum absolute atomic E-state index is 0.167. The third kappa shape index (κ3) is 4.22. The molecule has 4 aromatic rings. The fraction of sp³-hybridized carbons (Fsp3) is 0.125. The summed E-state index contributed by atoms with van der Waals surface area (Å²) >= 11 is 0. The zero-order valence-electron chi connectivity index (χ0n) is 16.6. The number of carbonyl (C=O) groups is 2. The van der Waals surface area contributed by atoms with Crippen molar-refractivity contribution in [1.29, 1.82) is 0 Å². The molecule has 0 unspecified atom stereocenters. The molecule has 2 aromatic carbocycles. The number of anilines is 1. The molecule has 30 heavy (non-hydrogen) atoms. The van der Waals surface area contributed by atoms with Gasteiger partial charge in [0.1, 0.15) is 0 Å². The Hall–Kier alpha value is -3.93. The van der Waals surface area contributed by atoms with Crippen LogP contribution in [0, 0.1) is 6.92 Å². The molecule has 0 atom stereocenters. The molecule has 6 heteroatoms. The number of hydrogen-bond acceptors (Lipinski definition) is 3. The molecule has 2 amide bonds. The molecule has 0 radical (unpaired) electrons. The van der Waals surface area contributed by atoms with E-state index in [1.54, 1.807) is 22.7 Å². The van der Waals surface area contributed by atoms with Crippen LogP contribution in [0.1, 0.15) is 32.2 Å². The van der Waals surface area contributed by atoms with E-state index in [1.165, 1.54) is 0 Å². The molecule has 0 bridgehead atoms. The number of nitrogens with one attached hydrogen (secondary N) is 2. The average Bonchev–Trinajstić information content (AvgIpc) is 3.14. The predicted molar refractivity (Wildman–Crippen MR) is 117 cm³/mol. The van der Waals surface area contributed by atoms with Gasteiger partial charge < -0.3 is 10.6 Å². The van der Waals surface area contributed by atoms with Crippen LogP contribution in [0.3, 0.4) is 0 Å². The van der Waals surface area contributed by atoms with Gasteiger partial charge in [0.15, 0.2) is 5.69 Å². The van der Waals surface area contributed by atoms with Crippen molar-refractivity contribution in [3.8, 4) is 0 Å². The lowest BCUT2D eigenvalue weighted by molar-refractivity contribution is 0.0951. The molecule has 150 valence electrons. The van der Waals surface area contributed by atoms with Crippen molar-refractivity contribution in [1.82, 2.24) is 14.7 Å². The first kappa shape index (κ1) is 19.4. The topological polar surface area (TPSA) is 75.5 Å². The number of nitrogens with zero attached hydrogens (tertiary/aromatic N) is 2. The normalized spacial score (nSPS) is 10.7. The Bertz CT molecular complexity index is 1200. The number of hydrogen-bond donors (Lipinski definition) is 2. The minimum Gasteiger partial charge on any atom is -0.350 e. The van der Waals surface area contributed by atoms with Gasteiger partial charge in [0, 0.05) is 18.4 Å². The number of aromatic nitrogens is 2. The van der Waals surface area contributed by atoms with E-state index in [4.69, 9.17) is 0 Å². The smallest absolute Gasteiger partial charge is 0.292 e. The summed E-state index contributed by atoms with van der Waals surface area (Å²) in [5.74, 6) is -0.505. The monoisotopic (exact) mass is 398 g/mol. The van der Waals surface area contributed by atoms with Gasteiger partial charge in [-0.3, -0.25) is 14.0 Å². The average molecular weight is 398 g/mol. The SMILES string of the molecule is Cc1cccc(NC(=O)c2nc(C(=O)NCCc3ccccc3)c3ccccn23)c1. The highest BCUT2D eigenvalue weighted by Gasteiger charge is 2.21. The summed E-state index contributed by atoms with van der Waals surface area (Å²) in [6, 6.07) is 22.9. The molecule has 0 spiro atoms. The van der Waals surface area contributed by atoms with Crippen LogP contribution >= 0.6 is 0 Å². The number of imidazole rings is 1. The number of fused-ring (bicyclic) bond motifs is 1. The number of rotatable bonds is 6. The van der Waals surface area contributed by atoms with E-state index in [-0.39, 0.29) is 23.3 Å². The van der Waals surface area contributed by atoms with Crippen LogP contribution in [-0.2, 0) is 6.42 Å². The van der Waals surface area contributed by atoms with Gasteiger partial charge in [-0.25, -0.2) is 4.98 Å². The van der Waals surface area contributed by atoms with Crippen LogP contribution in [0.15, 0.2) is 79.0 Å². The van der Waals surface area contributed by atoms with Crippen molar-refractivity contribution in [2.24, 2.45) is 0 Å². The second-order valence-electron chi connectivity index (χ2n) is 7.06. The molecule has 0 aliphatic heterocycles. The lowest BCUT2D eigenvalue weighted by Gasteiger charge is -2.05. The third-order valence-electron chi connectivity index (χ3n) is 4.78. The highest BCUT2D eigenvalue weighted by atomic mass is 16.2. The summed E-state index contributed by atoms with van der Waals surface area (Å²) in [4.78, 5) is 30.0. The van der Waals surface area contributed by atoms with Crippen LogP contribution in [-0.4, -0.2) is 27.7 Å². The van der Waals surface area contributed by atoms with Gasteiger partial charge in [-0.1, -0.05) is 48.5 Å². The van der Waals surface area contributed by atoms with Gasteiger partial charge in [-0.2, -0.15) is 0 Å². The van der Waals surface area contributed by atoms with E-state index in [1.807, 2.05) is 67.6 Å². The maximum atomic E-state index is 12.8. The molecule has 0 aliphatic rings. The Balaban J connectivity index is 1.54. The highest BCUT2D eigenvalue weighted by molar-refractivity contribution is 6.06. The Morgan fingerprint density at radius 1 is 0.933 bits per heavy atom. The second kappa shape index (κ2) is 8.61. The number of pyridine rings is 1. The summed E-state index contributed by atoms with van der Waals surface area (Å²) < 4.78 is 1.64. The summed E-state index contributed by atoms with van der Waals surface area (Å²) in [6.45, 7) is 2.44. The van der Waals surface area contributed by atoms with Crippen LogP contribution < -0.4 is 10.6 Å². The lowest BCUT2D eigenvalue weighted by atomic mass is 10.1. The molecule has 0 fully saturated rings. The molecule has 2 heterocycles. The quantitative estimate of drug-likeness (QED) is 0.518. The van der Waals surface area contributed by atoms with Crippen LogP contribution in [0.25, 0.3) is 5.52 Å². The molecule has 6 nitrogen and oxygen atoms in total. The first-order valence-corrected chi connectivity index (χ1v) is 9.79. The van der Waals surface area contributed by atoms with Gasteiger partial charge in [-0.05, 0) is 48.7 Å². The fourth-order valence-electron chi connectivity index (χ4n) is 3.32. The molecule has 0 saturated heterocycles. The van der Waals surface area contributed by atoms with Crippen LogP contribution in [0.2, 0.25) is 0 Å². The Kier molecular flexibility index (Phi) is 5.57. The van der Waals surface area contributed by atoms with Crippen LogP contribution in [0.5, 0.6) is 0 Å². The highest BCUT2D eigenvalue weighted by Crippen LogP contribution is 2.16. The van der Waals surface area contributed by atoms with Crippen molar-refractivity contribution < 1.29 is 9.59 Å². The van der Waals surface area contributed by atoms with E-state index < -0.39 is 0 Å². The number of carbonyl (C=O) groups excluding carboxylic acids is 2. The second-order valence-corrected chi connectivity index (χ2v) is 7.06. The molecule has 2 N–H and O–H groups in total. The Labute approximate surface area is 174 Å². The Morgan fingerprint density at radius 2 is 1.73 bits per heavy atom. The van der Waals surface area contributed by atoms with Crippen molar-refractivity contribution in [2.75, 3.05) is 11.9 Å². The summed E-state index contributed by atoms with van der Waals surface area (Å²) in [7, 11) is 0.